The van der Waals surface area contributed by atoms with E-state index >= 15 is 0 Å². The molecule has 0 unspecified atom stereocenters. The zero-order valence-corrected chi connectivity index (χ0v) is 8.54. The molecule has 0 bridgehead atoms. The summed E-state index contributed by atoms with van der Waals surface area (Å²) in [6.07, 6.45) is 5.00. The monoisotopic (exact) mass is 183 g/mol. The van der Waals surface area contributed by atoms with E-state index in [1.807, 2.05) is 26.1 Å². The molecular weight excluding hydrogens is 166 g/mol. The Bertz CT molecular complexity index is 207. The fourth-order valence-electron chi connectivity index (χ4n) is 0.700. The number of esters is 1. The summed E-state index contributed by atoms with van der Waals surface area (Å²) in [5, 5.41) is 0. The van der Waals surface area contributed by atoms with E-state index in [9.17, 15) is 4.79 Å². The summed E-state index contributed by atoms with van der Waals surface area (Å²) in [7, 11) is 1.40. The Hall–Kier alpha value is -1.12. The lowest BCUT2D eigenvalue weighted by molar-refractivity contribution is -0.140. The first kappa shape index (κ1) is 11.9. The SMILES string of the molecule is C/C=C(C)\C=N/CCCC(=O)OC. The third-order valence-corrected chi connectivity index (χ3v) is 1.65. The minimum absolute atomic E-state index is 0.169. The predicted molar refractivity (Wildman–Crippen MR) is 54.0 cm³/mol. The average Bonchev–Trinajstić information content (AvgIpc) is 2.16. The quantitative estimate of drug-likeness (QED) is 0.371. The summed E-state index contributed by atoms with van der Waals surface area (Å²) in [6, 6.07) is 0. The Morgan fingerprint density at radius 2 is 2.23 bits per heavy atom. The summed E-state index contributed by atoms with van der Waals surface area (Å²) in [4.78, 5) is 14.8. The summed E-state index contributed by atoms with van der Waals surface area (Å²) in [6.45, 7) is 4.64. The third kappa shape index (κ3) is 7.25. The molecule has 0 aliphatic heterocycles. The molecule has 0 fully saturated rings. The van der Waals surface area contributed by atoms with Gasteiger partial charge in [0.2, 0.25) is 0 Å². The Balaban J connectivity index is 3.46. The van der Waals surface area contributed by atoms with E-state index < -0.39 is 0 Å². The van der Waals surface area contributed by atoms with Gasteiger partial charge >= 0.3 is 5.97 Å². The molecule has 0 aromatic heterocycles. The van der Waals surface area contributed by atoms with E-state index in [1.165, 1.54) is 7.11 Å². The lowest BCUT2D eigenvalue weighted by Gasteiger charge is -1.95. The van der Waals surface area contributed by atoms with Gasteiger partial charge in [-0.2, -0.15) is 0 Å². The molecule has 74 valence electrons. The zero-order chi connectivity index (χ0) is 10.1. The van der Waals surface area contributed by atoms with Crippen molar-refractivity contribution in [1.82, 2.24) is 0 Å². The Labute approximate surface area is 79.5 Å². The molecule has 0 aromatic carbocycles. The van der Waals surface area contributed by atoms with Crippen LogP contribution in [0.4, 0.5) is 0 Å². The van der Waals surface area contributed by atoms with E-state index in [0.29, 0.717) is 13.0 Å². The van der Waals surface area contributed by atoms with E-state index in [4.69, 9.17) is 0 Å². The first-order valence-electron chi connectivity index (χ1n) is 4.40. The van der Waals surface area contributed by atoms with Crippen LogP contribution in [0.1, 0.15) is 26.7 Å². The topological polar surface area (TPSA) is 38.7 Å². The highest BCUT2D eigenvalue weighted by atomic mass is 16.5. The van der Waals surface area contributed by atoms with Crippen LogP contribution in [0.3, 0.4) is 0 Å². The maximum Gasteiger partial charge on any atom is 0.305 e. The van der Waals surface area contributed by atoms with Crippen LogP contribution in [0.15, 0.2) is 16.6 Å². The summed E-state index contributed by atoms with van der Waals surface area (Å²) < 4.78 is 4.50. The number of carbonyl (C=O) groups is 1. The Kier molecular flexibility index (Phi) is 6.88. The van der Waals surface area contributed by atoms with Crippen LogP contribution in [0.5, 0.6) is 0 Å². The molecule has 0 rings (SSSR count). The lowest BCUT2D eigenvalue weighted by atomic mass is 10.3. The molecular formula is C10H17NO2. The van der Waals surface area contributed by atoms with Crippen molar-refractivity contribution < 1.29 is 9.53 Å². The molecule has 0 amide bonds. The first-order chi connectivity index (χ1) is 6.20. The smallest absolute Gasteiger partial charge is 0.305 e. The van der Waals surface area contributed by atoms with Crippen LogP contribution in [0.25, 0.3) is 0 Å². The van der Waals surface area contributed by atoms with Crippen LogP contribution in [-0.4, -0.2) is 25.8 Å². The molecule has 0 saturated carbocycles. The highest BCUT2D eigenvalue weighted by Gasteiger charge is 1.96. The molecule has 0 spiro atoms. The van der Waals surface area contributed by atoms with Gasteiger partial charge in [-0.3, -0.25) is 9.79 Å². The Morgan fingerprint density at radius 3 is 2.77 bits per heavy atom. The van der Waals surface area contributed by atoms with E-state index in [0.717, 1.165) is 12.0 Å². The minimum atomic E-state index is -0.169. The van der Waals surface area contributed by atoms with Gasteiger partial charge in [-0.05, 0) is 25.8 Å². The number of ether oxygens (including phenoxy) is 1. The van der Waals surface area contributed by atoms with Crippen molar-refractivity contribution >= 4 is 12.2 Å². The van der Waals surface area contributed by atoms with E-state index in [1.54, 1.807) is 0 Å². The fraction of sp³-hybridized carbons (Fsp3) is 0.600. The summed E-state index contributed by atoms with van der Waals surface area (Å²) in [5.41, 5.74) is 1.14. The van der Waals surface area contributed by atoms with Crippen LogP contribution in [0, 0.1) is 0 Å². The first-order valence-corrected chi connectivity index (χ1v) is 4.40. The molecule has 0 aliphatic carbocycles. The Morgan fingerprint density at radius 1 is 1.54 bits per heavy atom. The molecule has 0 N–H and O–H groups in total. The van der Waals surface area contributed by atoms with Gasteiger partial charge in [0.15, 0.2) is 0 Å². The number of aliphatic imine (C=N–C) groups is 1. The summed E-state index contributed by atoms with van der Waals surface area (Å²) >= 11 is 0. The fourth-order valence-corrected chi connectivity index (χ4v) is 0.700. The van der Waals surface area contributed by atoms with Crippen molar-refractivity contribution in [3.8, 4) is 0 Å². The lowest BCUT2D eigenvalue weighted by Crippen LogP contribution is -2.00. The molecule has 3 heteroatoms. The van der Waals surface area contributed by atoms with Gasteiger partial charge in [0.1, 0.15) is 0 Å². The van der Waals surface area contributed by atoms with Crippen molar-refractivity contribution in [2.24, 2.45) is 4.99 Å². The normalized spacial score (nSPS) is 12.1. The van der Waals surface area contributed by atoms with Gasteiger partial charge in [0.05, 0.1) is 7.11 Å². The number of nitrogens with zero attached hydrogens (tertiary/aromatic N) is 1. The molecule has 0 radical (unpaired) electrons. The predicted octanol–water partition coefficient (Wildman–Crippen LogP) is 1.98. The standard InChI is InChI=1S/C10H17NO2/c1-4-9(2)8-11-7-5-6-10(12)13-3/h4,8H,5-7H2,1-3H3/b9-4-,11-8-. The maximum absolute atomic E-state index is 10.7. The number of rotatable bonds is 5. The number of methoxy groups -OCH3 is 1. The highest BCUT2D eigenvalue weighted by molar-refractivity contribution is 5.77. The van der Waals surface area contributed by atoms with Gasteiger partial charge in [0.25, 0.3) is 0 Å². The van der Waals surface area contributed by atoms with Crippen molar-refractivity contribution in [3.63, 3.8) is 0 Å². The second-order valence-corrected chi connectivity index (χ2v) is 2.75. The number of hydrogen-bond acceptors (Lipinski definition) is 3. The molecule has 13 heavy (non-hydrogen) atoms. The van der Waals surface area contributed by atoms with Gasteiger partial charge < -0.3 is 4.74 Å². The number of hydrogen-bond donors (Lipinski definition) is 0. The highest BCUT2D eigenvalue weighted by Crippen LogP contribution is 1.93. The van der Waals surface area contributed by atoms with Gasteiger partial charge in [0, 0.05) is 19.2 Å². The second-order valence-electron chi connectivity index (χ2n) is 2.75. The van der Waals surface area contributed by atoms with Crippen LogP contribution < -0.4 is 0 Å². The second kappa shape index (κ2) is 7.53. The molecule has 0 heterocycles. The molecule has 0 aromatic rings. The van der Waals surface area contributed by atoms with E-state index in [2.05, 4.69) is 9.73 Å². The molecule has 0 aliphatic rings. The van der Waals surface area contributed by atoms with Gasteiger partial charge in [-0.1, -0.05) is 6.08 Å². The van der Waals surface area contributed by atoms with E-state index in [-0.39, 0.29) is 5.97 Å². The van der Waals surface area contributed by atoms with Gasteiger partial charge in [-0.25, -0.2) is 0 Å². The van der Waals surface area contributed by atoms with Crippen molar-refractivity contribution in [1.29, 1.82) is 0 Å². The van der Waals surface area contributed by atoms with Crippen LogP contribution >= 0.6 is 0 Å². The van der Waals surface area contributed by atoms with Crippen LogP contribution in [-0.2, 0) is 9.53 Å². The largest absolute Gasteiger partial charge is 0.469 e. The van der Waals surface area contributed by atoms with Crippen molar-refractivity contribution in [2.75, 3.05) is 13.7 Å². The third-order valence-electron chi connectivity index (χ3n) is 1.65. The molecule has 0 saturated heterocycles. The maximum atomic E-state index is 10.7. The van der Waals surface area contributed by atoms with Crippen molar-refractivity contribution in [3.05, 3.63) is 11.6 Å². The summed E-state index contributed by atoms with van der Waals surface area (Å²) in [5.74, 6) is -0.169. The number of carbonyl (C=O) groups excluding carboxylic acids is 1. The molecule has 0 atom stereocenters. The minimum Gasteiger partial charge on any atom is -0.469 e. The van der Waals surface area contributed by atoms with Crippen molar-refractivity contribution in [2.45, 2.75) is 26.7 Å². The number of allylic oxidation sites excluding steroid dienone is 2. The molecule has 3 nitrogen and oxygen atoms in total. The zero-order valence-electron chi connectivity index (χ0n) is 8.54. The van der Waals surface area contributed by atoms with Gasteiger partial charge in [-0.15, -0.1) is 0 Å². The van der Waals surface area contributed by atoms with Crippen LogP contribution in [0.2, 0.25) is 0 Å². The average molecular weight is 183 g/mol.